The van der Waals surface area contributed by atoms with Gasteiger partial charge in [-0.1, -0.05) is 42.5 Å². The van der Waals surface area contributed by atoms with Crippen molar-refractivity contribution >= 4 is 28.6 Å². The highest BCUT2D eigenvalue weighted by Gasteiger charge is 2.47. The van der Waals surface area contributed by atoms with E-state index >= 15 is 0 Å². The number of para-hydroxylation sites is 1. The average molecular weight is 417 g/mol. The van der Waals surface area contributed by atoms with Crippen LogP contribution in [0.4, 0.5) is 4.79 Å². The van der Waals surface area contributed by atoms with Crippen molar-refractivity contribution in [2.24, 2.45) is 0 Å². The maximum absolute atomic E-state index is 12.8. The summed E-state index contributed by atoms with van der Waals surface area (Å²) >= 11 is 0. The molecule has 3 heterocycles. The molecule has 31 heavy (non-hydrogen) atoms. The highest BCUT2D eigenvalue weighted by atomic mass is 16.3. The molecule has 1 N–H and O–H groups in total. The second-order valence-electron chi connectivity index (χ2n) is 8.02. The number of urea groups is 1. The first-order valence-electron chi connectivity index (χ1n) is 10.5. The minimum absolute atomic E-state index is 0.112. The molecule has 3 amide bonds. The van der Waals surface area contributed by atoms with Crippen LogP contribution in [0.3, 0.4) is 0 Å². The molecule has 158 valence electrons. The van der Waals surface area contributed by atoms with Crippen molar-refractivity contribution in [1.82, 2.24) is 14.4 Å². The maximum atomic E-state index is 12.8. The van der Waals surface area contributed by atoms with Gasteiger partial charge >= 0.3 is 6.03 Å². The summed E-state index contributed by atoms with van der Waals surface area (Å²) in [6.45, 7) is 2.68. The number of carbonyl (C=O) groups excluding carboxylic acids is 3. The van der Waals surface area contributed by atoms with Crippen molar-refractivity contribution in [1.29, 1.82) is 0 Å². The highest BCUT2D eigenvalue weighted by molar-refractivity contribution is 6.05. The molecule has 0 saturated carbocycles. The predicted octanol–water partition coefficient (Wildman–Crippen LogP) is 2.57. The number of benzene rings is 2. The molecule has 2 aliphatic heterocycles. The lowest BCUT2D eigenvalue weighted by Gasteiger charge is -2.28. The van der Waals surface area contributed by atoms with E-state index in [0.29, 0.717) is 31.6 Å². The molecule has 0 bridgehead atoms. The minimum atomic E-state index is -0.506. The smallest absolute Gasteiger partial charge is 0.327 e. The van der Waals surface area contributed by atoms with Gasteiger partial charge in [0, 0.05) is 41.7 Å². The van der Waals surface area contributed by atoms with Crippen LogP contribution in [0, 0.1) is 0 Å². The van der Waals surface area contributed by atoms with E-state index in [1.165, 1.54) is 4.90 Å². The molecule has 0 aliphatic carbocycles. The number of amides is 3. The summed E-state index contributed by atoms with van der Waals surface area (Å²) in [5.74, 6) is -0.418. The SMILES string of the molecule is CCN1C(=O)C2Cc3c(n(Cc4ccc(C(=O)CO)cc4)c4ccccc34)CN2C1=O. The van der Waals surface area contributed by atoms with Crippen molar-refractivity contribution in [3.63, 3.8) is 0 Å². The van der Waals surface area contributed by atoms with E-state index in [1.807, 2.05) is 31.2 Å². The van der Waals surface area contributed by atoms with Gasteiger partial charge in [0.25, 0.3) is 5.91 Å². The van der Waals surface area contributed by atoms with Crippen molar-refractivity contribution in [3.8, 4) is 0 Å². The van der Waals surface area contributed by atoms with Gasteiger partial charge in [-0.25, -0.2) is 4.79 Å². The van der Waals surface area contributed by atoms with Gasteiger partial charge in [0.05, 0.1) is 6.54 Å². The molecule has 3 aromatic rings. The lowest BCUT2D eigenvalue weighted by atomic mass is 9.97. The second-order valence-corrected chi connectivity index (χ2v) is 8.02. The first-order chi connectivity index (χ1) is 15.0. The largest absolute Gasteiger partial charge is 0.388 e. The number of nitrogens with zero attached hydrogens (tertiary/aromatic N) is 3. The fraction of sp³-hybridized carbons (Fsp3) is 0.292. The number of hydrogen-bond acceptors (Lipinski definition) is 4. The number of imide groups is 1. The number of ketones is 1. The summed E-state index contributed by atoms with van der Waals surface area (Å²) in [6, 6.07) is 14.7. The van der Waals surface area contributed by atoms with Gasteiger partial charge in [-0.3, -0.25) is 14.5 Å². The number of aliphatic hydroxyl groups excluding tert-OH is 1. The molecular formula is C24H23N3O4. The lowest BCUT2D eigenvalue weighted by Crippen LogP contribution is -2.40. The van der Waals surface area contributed by atoms with Crippen LogP contribution in [0.15, 0.2) is 48.5 Å². The van der Waals surface area contributed by atoms with E-state index < -0.39 is 12.6 Å². The Hall–Kier alpha value is -3.45. The van der Waals surface area contributed by atoms with Gasteiger partial charge < -0.3 is 14.6 Å². The van der Waals surface area contributed by atoms with Crippen molar-refractivity contribution in [2.75, 3.05) is 13.2 Å². The Balaban J connectivity index is 1.55. The Morgan fingerprint density at radius 1 is 1.10 bits per heavy atom. The number of rotatable bonds is 5. The first kappa shape index (κ1) is 19.5. The van der Waals surface area contributed by atoms with Crippen LogP contribution in [0.1, 0.15) is 34.1 Å². The molecule has 0 spiro atoms. The molecular weight excluding hydrogens is 394 g/mol. The fourth-order valence-corrected chi connectivity index (χ4v) is 4.80. The van der Waals surface area contributed by atoms with Gasteiger partial charge in [0.2, 0.25) is 0 Å². The van der Waals surface area contributed by atoms with E-state index in [0.717, 1.165) is 27.7 Å². The number of Topliss-reactive ketones (excluding diaryl/α,β-unsaturated/α-hetero) is 1. The van der Waals surface area contributed by atoms with Crippen LogP contribution < -0.4 is 0 Å². The molecule has 0 radical (unpaired) electrons. The lowest BCUT2D eigenvalue weighted by molar-refractivity contribution is -0.128. The summed E-state index contributed by atoms with van der Waals surface area (Å²) in [5.41, 5.74) is 4.74. The molecule has 5 rings (SSSR count). The Morgan fingerprint density at radius 2 is 1.84 bits per heavy atom. The summed E-state index contributed by atoms with van der Waals surface area (Å²) in [6.07, 6.45) is 0.522. The average Bonchev–Trinajstić information content (AvgIpc) is 3.23. The van der Waals surface area contributed by atoms with Crippen LogP contribution in [0.25, 0.3) is 10.9 Å². The number of carbonyl (C=O) groups is 3. The first-order valence-corrected chi connectivity index (χ1v) is 10.5. The predicted molar refractivity (Wildman–Crippen MR) is 115 cm³/mol. The van der Waals surface area contributed by atoms with E-state index in [4.69, 9.17) is 5.11 Å². The molecule has 2 aromatic carbocycles. The van der Waals surface area contributed by atoms with Crippen LogP contribution >= 0.6 is 0 Å². The third kappa shape index (κ3) is 2.96. The summed E-state index contributed by atoms with van der Waals surface area (Å²) in [4.78, 5) is 40.2. The molecule has 1 saturated heterocycles. The van der Waals surface area contributed by atoms with E-state index in [9.17, 15) is 14.4 Å². The van der Waals surface area contributed by atoms with Crippen molar-refractivity contribution in [2.45, 2.75) is 32.5 Å². The monoisotopic (exact) mass is 417 g/mol. The van der Waals surface area contributed by atoms with Crippen molar-refractivity contribution < 1.29 is 19.5 Å². The maximum Gasteiger partial charge on any atom is 0.327 e. The minimum Gasteiger partial charge on any atom is -0.388 e. The van der Waals surface area contributed by atoms with Crippen LogP contribution in [-0.2, 0) is 24.3 Å². The Kier molecular flexibility index (Phi) is 4.63. The van der Waals surface area contributed by atoms with E-state index in [-0.39, 0.29) is 17.7 Å². The van der Waals surface area contributed by atoms with Gasteiger partial charge in [0.15, 0.2) is 5.78 Å². The van der Waals surface area contributed by atoms with E-state index in [2.05, 4.69) is 16.7 Å². The number of aliphatic hydroxyl groups is 1. The van der Waals surface area contributed by atoms with Gasteiger partial charge in [0.1, 0.15) is 12.6 Å². The van der Waals surface area contributed by atoms with Gasteiger partial charge in [-0.15, -0.1) is 0 Å². The topological polar surface area (TPSA) is 82.8 Å². The number of aromatic nitrogens is 1. The zero-order chi connectivity index (χ0) is 21.7. The standard InChI is InChI=1S/C24H23N3O4/c1-2-25-23(30)20-11-18-17-5-3-4-6-19(17)26(21(18)13-27(20)24(25)31)12-15-7-9-16(10-8-15)22(29)14-28/h3-10,20,28H,2,11-14H2,1H3. The quantitative estimate of drug-likeness (QED) is 0.511. The fourth-order valence-electron chi connectivity index (χ4n) is 4.80. The zero-order valence-electron chi connectivity index (χ0n) is 17.2. The molecule has 1 unspecified atom stereocenters. The van der Waals surface area contributed by atoms with Gasteiger partial charge in [-0.05, 0) is 24.1 Å². The summed E-state index contributed by atoms with van der Waals surface area (Å²) in [7, 11) is 0. The Bertz CT molecular complexity index is 1210. The normalized spacial score (nSPS) is 17.9. The molecule has 2 aliphatic rings. The summed E-state index contributed by atoms with van der Waals surface area (Å²) < 4.78 is 2.20. The third-order valence-electron chi connectivity index (χ3n) is 6.39. The third-order valence-corrected chi connectivity index (χ3v) is 6.39. The second kappa shape index (κ2) is 7.35. The Labute approximate surface area is 179 Å². The van der Waals surface area contributed by atoms with Crippen molar-refractivity contribution in [3.05, 3.63) is 70.9 Å². The van der Waals surface area contributed by atoms with Crippen LogP contribution in [0.2, 0.25) is 0 Å². The molecule has 7 nitrogen and oxygen atoms in total. The number of likely N-dealkylation sites (N-methyl/N-ethyl adjacent to an activating group) is 1. The number of fused-ring (bicyclic) bond motifs is 4. The van der Waals surface area contributed by atoms with Crippen LogP contribution in [-0.4, -0.2) is 56.4 Å². The van der Waals surface area contributed by atoms with Gasteiger partial charge in [-0.2, -0.15) is 0 Å². The highest BCUT2D eigenvalue weighted by Crippen LogP contribution is 2.36. The molecule has 7 heteroatoms. The molecule has 1 atom stereocenters. The van der Waals surface area contributed by atoms with Crippen LogP contribution in [0.5, 0.6) is 0 Å². The molecule has 1 fully saturated rings. The van der Waals surface area contributed by atoms with E-state index in [1.54, 1.807) is 17.0 Å². The Morgan fingerprint density at radius 3 is 2.55 bits per heavy atom. The summed E-state index contributed by atoms with van der Waals surface area (Å²) in [5, 5.41) is 10.2. The number of hydrogen-bond donors (Lipinski definition) is 1. The molecule has 1 aromatic heterocycles. The zero-order valence-corrected chi connectivity index (χ0v) is 17.2.